The van der Waals surface area contributed by atoms with Crippen LogP contribution in [0.15, 0.2) is 97.1 Å². The summed E-state index contributed by atoms with van der Waals surface area (Å²) >= 11 is 0. The van der Waals surface area contributed by atoms with Crippen LogP contribution in [0.4, 0.5) is 0 Å². The monoisotopic (exact) mass is 680 g/mol. The van der Waals surface area contributed by atoms with Gasteiger partial charge in [0.2, 0.25) is 0 Å². The van der Waals surface area contributed by atoms with Crippen LogP contribution in [0.3, 0.4) is 0 Å². The molecular formula is C38H56Si6. The lowest BCUT2D eigenvalue weighted by Gasteiger charge is -2.61. The molecule has 1 saturated heterocycles. The largest absolute Gasteiger partial charge is 0.120 e. The minimum atomic E-state index is -2.33. The van der Waals surface area contributed by atoms with E-state index in [1.165, 1.54) is 12.1 Å². The standard InChI is InChI=1S/C38H56Si6/c1-39(2,3)31-21-13-17-25-35(31)43(36-26-18-14-22-32(36)40(4,5)6)29-30-44(43,37-27-19-15-23-33(37)41(7,8)9)38-28-20-16-24-34(38)42(10,11)12/h13-28H,29-30H2,1-12H3. The molecule has 0 unspecified atom stereocenters. The lowest BCUT2D eigenvalue weighted by Crippen LogP contribution is -2.97. The minimum absolute atomic E-state index is 1.38. The van der Waals surface area contributed by atoms with Gasteiger partial charge < -0.3 is 0 Å². The fourth-order valence-electron chi connectivity index (χ4n) is 8.41. The van der Waals surface area contributed by atoms with Gasteiger partial charge >= 0.3 is 0 Å². The van der Waals surface area contributed by atoms with Gasteiger partial charge in [-0.05, 0) is 0 Å². The van der Waals surface area contributed by atoms with Crippen LogP contribution in [0.5, 0.6) is 0 Å². The highest BCUT2D eigenvalue weighted by Gasteiger charge is 2.68. The van der Waals surface area contributed by atoms with E-state index in [4.69, 9.17) is 0 Å². The normalized spacial score (nSPS) is 16.8. The van der Waals surface area contributed by atoms with Crippen LogP contribution in [-0.4, -0.2) is 47.5 Å². The fourth-order valence-corrected chi connectivity index (χ4v) is 43.2. The van der Waals surface area contributed by atoms with Gasteiger partial charge in [0, 0.05) is 0 Å². The summed E-state index contributed by atoms with van der Waals surface area (Å²) in [5, 5.41) is 14.1. The molecule has 1 fully saturated rings. The van der Waals surface area contributed by atoms with Crippen molar-refractivity contribution in [2.75, 3.05) is 0 Å². The molecule has 44 heavy (non-hydrogen) atoms. The zero-order chi connectivity index (χ0) is 32.3. The summed E-state index contributed by atoms with van der Waals surface area (Å²) in [5.74, 6) is 0. The van der Waals surface area contributed by atoms with Crippen molar-refractivity contribution in [2.24, 2.45) is 0 Å². The van der Waals surface area contributed by atoms with Crippen LogP contribution in [0.1, 0.15) is 0 Å². The van der Waals surface area contributed by atoms with Crippen molar-refractivity contribution in [2.45, 2.75) is 90.7 Å². The Labute approximate surface area is 275 Å². The SMILES string of the molecule is C[Si](C)(C)c1ccccc1[Si]1(c2ccccc2[Si](C)(C)C)CC[Si]1(c1ccccc1[Si](C)(C)C)c1ccccc1[Si](C)(C)C. The third-order valence-electron chi connectivity index (χ3n) is 10.4. The third kappa shape index (κ3) is 5.47. The summed E-state index contributed by atoms with van der Waals surface area (Å²) in [5.41, 5.74) is 0. The van der Waals surface area contributed by atoms with Crippen molar-refractivity contribution in [1.82, 2.24) is 0 Å². The average Bonchev–Trinajstić information content (AvgIpc) is 2.92. The highest BCUT2D eigenvalue weighted by Crippen LogP contribution is 2.40. The summed E-state index contributed by atoms with van der Waals surface area (Å²) in [6.07, 6.45) is 0. The second-order valence-corrected chi connectivity index (χ2v) is 49.5. The molecule has 0 N–H and O–H groups in total. The van der Waals surface area contributed by atoms with Crippen molar-refractivity contribution in [1.29, 1.82) is 0 Å². The maximum Gasteiger partial charge on any atom is 0.120 e. The average molecular weight is 681 g/mol. The van der Waals surface area contributed by atoms with E-state index >= 15 is 0 Å². The van der Waals surface area contributed by atoms with E-state index in [9.17, 15) is 0 Å². The van der Waals surface area contributed by atoms with Gasteiger partial charge in [-0.3, -0.25) is 0 Å². The minimum Gasteiger partial charge on any atom is -0.0656 e. The van der Waals surface area contributed by atoms with E-state index in [1.807, 2.05) is 0 Å². The Bertz CT molecular complexity index is 1420. The number of hydrogen-bond acceptors (Lipinski definition) is 0. The first-order chi connectivity index (χ1) is 20.4. The molecule has 1 aliphatic rings. The van der Waals surface area contributed by atoms with Gasteiger partial charge in [-0.25, -0.2) is 0 Å². The third-order valence-corrected chi connectivity index (χ3v) is 38.1. The zero-order valence-electron chi connectivity index (χ0n) is 29.7. The molecule has 0 amide bonds. The first kappa shape index (κ1) is 33.5. The predicted molar refractivity (Wildman–Crippen MR) is 217 cm³/mol. The van der Waals surface area contributed by atoms with Gasteiger partial charge in [0.05, 0.1) is 32.3 Å². The fraction of sp³-hybridized carbons (Fsp3) is 0.368. The Kier molecular flexibility index (Phi) is 8.73. The van der Waals surface area contributed by atoms with E-state index < -0.39 is 47.5 Å². The molecule has 1 aliphatic heterocycles. The Balaban J connectivity index is 2.09. The van der Waals surface area contributed by atoms with E-state index in [0.29, 0.717) is 0 Å². The van der Waals surface area contributed by atoms with Crippen LogP contribution in [0, 0.1) is 0 Å². The Morgan fingerprint density at radius 3 is 0.659 bits per heavy atom. The predicted octanol–water partition coefficient (Wildman–Crippen LogP) is 5.79. The molecule has 0 nitrogen and oxygen atoms in total. The molecule has 0 saturated carbocycles. The molecule has 0 aromatic heterocycles. The van der Waals surface area contributed by atoms with Crippen molar-refractivity contribution in [3.05, 3.63) is 97.1 Å². The smallest absolute Gasteiger partial charge is 0.0656 e. The highest BCUT2D eigenvalue weighted by molar-refractivity contribution is 7.64. The van der Waals surface area contributed by atoms with Gasteiger partial charge in [0.1, 0.15) is 15.2 Å². The maximum atomic E-state index is 2.65. The molecule has 4 aromatic carbocycles. The second-order valence-electron chi connectivity index (χ2n) is 17.5. The topological polar surface area (TPSA) is 0 Å². The summed E-state index contributed by atoms with van der Waals surface area (Å²) < 4.78 is 0. The second kappa shape index (κ2) is 11.5. The van der Waals surface area contributed by atoms with Crippen LogP contribution >= 0.6 is 0 Å². The Hall–Kier alpha value is -1.82. The summed E-state index contributed by atoms with van der Waals surface area (Å²) in [6, 6.07) is 42.5. The molecule has 0 radical (unpaired) electrons. The zero-order valence-corrected chi connectivity index (χ0v) is 35.7. The van der Waals surface area contributed by atoms with E-state index in [-0.39, 0.29) is 0 Å². The molecular weight excluding hydrogens is 625 g/mol. The lowest BCUT2D eigenvalue weighted by molar-refractivity contribution is 1.29. The molecule has 6 heteroatoms. The van der Waals surface area contributed by atoms with Gasteiger partial charge in [-0.15, -0.1) is 0 Å². The van der Waals surface area contributed by atoms with E-state index in [2.05, 4.69) is 176 Å². The molecule has 232 valence electrons. The number of rotatable bonds is 8. The summed E-state index contributed by atoms with van der Waals surface area (Å²) in [6.45, 7) is 31.1. The number of benzene rings is 4. The van der Waals surface area contributed by atoms with E-state index in [0.717, 1.165) is 0 Å². The number of hydrogen-bond donors (Lipinski definition) is 0. The van der Waals surface area contributed by atoms with Crippen molar-refractivity contribution in [3.63, 3.8) is 0 Å². The molecule has 0 aliphatic carbocycles. The molecule has 4 aromatic rings. The molecule has 0 atom stereocenters. The first-order valence-electron chi connectivity index (χ1n) is 16.8. The van der Waals surface area contributed by atoms with E-state index in [1.54, 1.807) is 41.5 Å². The van der Waals surface area contributed by atoms with Crippen molar-refractivity contribution >= 4 is 89.0 Å². The molecule has 0 spiro atoms. The first-order valence-corrected chi connectivity index (χ1v) is 36.2. The van der Waals surface area contributed by atoms with Gasteiger partial charge in [0.25, 0.3) is 0 Å². The molecule has 1 heterocycles. The van der Waals surface area contributed by atoms with Crippen molar-refractivity contribution < 1.29 is 0 Å². The highest BCUT2D eigenvalue weighted by atomic mass is 29.3. The van der Waals surface area contributed by atoms with Gasteiger partial charge in [-0.2, -0.15) is 0 Å². The maximum absolute atomic E-state index is 2.65. The summed E-state index contributed by atoms with van der Waals surface area (Å²) in [4.78, 5) is 0. The Morgan fingerprint density at radius 2 is 0.500 bits per heavy atom. The van der Waals surface area contributed by atoms with Gasteiger partial charge in [-0.1, -0.05) is 229 Å². The van der Waals surface area contributed by atoms with Crippen molar-refractivity contribution in [3.8, 4) is 0 Å². The molecule has 0 bridgehead atoms. The summed E-state index contributed by atoms with van der Waals surface area (Å²) in [7, 11) is -11.2. The van der Waals surface area contributed by atoms with Gasteiger partial charge in [0.15, 0.2) is 0 Å². The Morgan fingerprint density at radius 1 is 0.318 bits per heavy atom. The van der Waals surface area contributed by atoms with Crippen LogP contribution in [0.25, 0.3) is 0 Å². The van der Waals surface area contributed by atoms with Crippen LogP contribution < -0.4 is 41.5 Å². The lowest BCUT2D eigenvalue weighted by atomic mass is 10.3. The van der Waals surface area contributed by atoms with Crippen LogP contribution in [0.2, 0.25) is 90.7 Å². The molecule has 5 rings (SSSR count). The quantitative estimate of drug-likeness (QED) is 0.207. The van der Waals surface area contributed by atoms with Crippen LogP contribution in [-0.2, 0) is 0 Å².